The number of hydrogen-bond acceptors (Lipinski definition) is 5. The van der Waals surface area contributed by atoms with Crippen LogP contribution < -0.4 is 0 Å². The third-order valence-corrected chi connectivity index (χ3v) is 10.5. The second-order valence-electron chi connectivity index (χ2n) is 12.3. The van der Waals surface area contributed by atoms with E-state index in [1.54, 1.807) is 15.9 Å². The molecule has 0 aliphatic carbocycles. The standard InChI is InChI=1S/C45H26N4OS/c1-2-11-27(12-3-1)43-46-44(48-45(47-43)34-16-10-20-41-42(34)33-15-6-9-19-40(33)51-41)28-21-23-32-35-26-29(22-24-38(35)50-39(32)25-28)49-36-17-7-4-13-30(36)31-14-5-8-18-37(31)49/h1-26H/i4D,5D,13D,14D,17D,18D. The Balaban J connectivity index is 1.10. The minimum absolute atomic E-state index is 0.00988. The first-order valence-corrected chi connectivity index (χ1v) is 17.3. The SMILES string of the molecule is [2H]c1cc([2H])c2c(c1[2H])c1c([2H])c([2H])cc([2H])c1n2-c1ccc2oc3cc(-c4nc(-c5ccccc5)nc(-c5cccc6sc7ccccc7c56)n4)ccc3c2c1. The molecule has 7 aromatic carbocycles. The van der Waals surface area contributed by atoms with Gasteiger partial charge in [-0.25, -0.2) is 15.0 Å². The summed E-state index contributed by atoms with van der Waals surface area (Å²) in [6.45, 7) is 0. The highest BCUT2D eigenvalue weighted by Crippen LogP contribution is 2.40. The zero-order valence-electron chi connectivity index (χ0n) is 32.7. The topological polar surface area (TPSA) is 56.7 Å². The lowest BCUT2D eigenvalue weighted by Crippen LogP contribution is -2.00. The molecule has 0 aliphatic heterocycles. The summed E-state index contributed by atoms with van der Waals surface area (Å²) in [6.07, 6.45) is 0. The Labute approximate surface area is 304 Å². The number of nitrogens with zero attached hydrogens (tertiary/aromatic N) is 4. The largest absolute Gasteiger partial charge is 0.456 e. The lowest BCUT2D eigenvalue weighted by molar-refractivity contribution is 0.669. The van der Waals surface area contributed by atoms with E-state index in [0.717, 1.165) is 42.9 Å². The third kappa shape index (κ3) is 4.37. The molecule has 5 nitrogen and oxygen atoms in total. The highest BCUT2D eigenvalue weighted by Gasteiger charge is 2.19. The molecule has 0 bridgehead atoms. The van der Waals surface area contributed by atoms with Crippen LogP contribution in [0.1, 0.15) is 8.22 Å². The maximum atomic E-state index is 8.87. The second-order valence-corrected chi connectivity index (χ2v) is 13.4. The fraction of sp³-hybridized carbons (Fsp3) is 0. The molecular weight excluding hydrogens is 645 g/mol. The van der Waals surface area contributed by atoms with Gasteiger partial charge < -0.3 is 8.98 Å². The van der Waals surface area contributed by atoms with Crippen LogP contribution in [0.3, 0.4) is 0 Å². The van der Waals surface area contributed by atoms with E-state index in [4.69, 9.17) is 27.6 Å². The molecule has 51 heavy (non-hydrogen) atoms. The van der Waals surface area contributed by atoms with Gasteiger partial charge >= 0.3 is 0 Å². The van der Waals surface area contributed by atoms with Gasteiger partial charge in [0, 0.05) is 64.1 Å². The first-order valence-electron chi connectivity index (χ1n) is 19.4. The average Bonchev–Trinajstić information content (AvgIpc) is 3.92. The lowest BCUT2D eigenvalue weighted by atomic mass is 10.1. The van der Waals surface area contributed by atoms with Gasteiger partial charge in [0.1, 0.15) is 11.2 Å². The summed E-state index contributed by atoms with van der Waals surface area (Å²) in [7, 11) is 0. The smallest absolute Gasteiger partial charge is 0.164 e. The zero-order valence-corrected chi connectivity index (χ0v) is 27.5. The molecule has 0 spiro atoms. The van der Waals surface area contributed by atoms with E-state index in [1.807, 2.05) is 72.8 Å². The maximum Gasteiger partial charge on any atom is 0.164 e. The highest BCUT2D eigenvalue weighted by molar-refractivity contribution is 7.25. The number of para-hydroxylation sites is 2. The summed E-state index contributed by atoms with van der Waals surface area (Å²) in [6, 6.07) is 37.9. The maximum absolute atomic E-state index is 8.87. The van der Waals surface area contributed by atoms with Crippen LogP contribution in [0.25, 0.3) is 104 Å². The van der Waals surface area contributed by atoms with Gasteiger partial charge in [0.15, 0.2) is 17.5 Å². The van der Waals surface area contributed by atoms with Crippen molar-refractivity contribution in [2.75, 3.05) is 0 Å². The summed E-state index contributed by atoms with van der Waals surface area (Å²) in [5, 5.41) is 4.30. The van der Waals surface area contributed by atoms with Crippen LogP contribution in [0.2, 0.25) is 0 Å². The van der Waals surface area contributed by atoms with E-state index >= 15 is 0 Å². The predicted molar refractivity (Wildman–Crippen MR) is 211 cm³/mol. The summed E-state index contributed by atoms with van der Waals surface area (Å²) in [5.41, 5.74) is 4.96. The van der Waals surface area contributed by atoms with E-state index in [9.17, 15) is 0 Å². The molecule has 0 saturated carbocycles. The molecule has 0 saturated heterocycles. The zero-order chi connectivity index (χ0) is 38.7. The fourth-order valence-electron chi connectivity index (χ4n) is 7.12. The van der Waals surface area contributed by atoms with Crippen LogP contribution in [0.4, 0.5) is 0 Å². The Morgan fingerprint density at radius 2 is 1.24 bits per heavy atom. The fourth-order valence-corrected chi connectivity index (χ4v) is 8.25. The summed E-state index contributed by atoms with van der Waals surface area (Å²) in [4.78, 5) is 15.1. The molecule has 0 unspecified atom stereocenters. The monoisotopic (exact) mass is 676 g/mol. The van der Waals surface area contributed by atoms with Gasteiger partial charge in [0.05, 0.1) is 19.3 Å². The average molecular weight is 677 g/mol. The van der Waals surface area contributed by atoms with Crippen LogP contribution in [-0.2, 0) is 0 Å². The molecule has 0 atom stereocenters. The van der Waals surface area contributed by atoms with Crippen molar-refractivity contribution < 1.29 is 12.6 Å². The van der Waals surface area contributed by atoms with Crippen LogP contribution in [0.15, 0.2) is 162 Å². The van der Waals surface area contributed by atoms with E-state index < -0.39 is 0 Å². The second kappa shape index (κ2) is 10.9. The molecule has 11 aromatic rings. The summed E-state index contributed by atoms with van der Waals surface area (Å²) in [5.74, 6) is 1.62. The Morgan fingerprint density at radius 1 is 0.510 bits per heavy atom. The van der Waals surface area contributed by atoms with E-state index in [1.165, 1.54) is 16.8 Å². The van der Waals surface area contributed by atoms with Gasteiger partial charge in [-0.1, -0.05) is 103 Å². The van der Waals surface area contributed by atoms with Crippen LogP contribution in [0, 0.1) is 0 Å². The number of thiophene rings is 1. The van der Waals surface area contributed by atoms with Crippen molar-refractivity contribution in [3.63, 3.8) is 0 Å². The number of aromatic nitrogens is 4. The molecule has 0 aliphatic rings. The quantitative estimate of drug-likeness (QED) is 0.186. The molecule has 11 rings (SSSR count). The number of rotatable bonds is 4. The summed E-state index contributed by atoms with van der Waals surface area (Å²) < 4.78 is 62.4. The van der Waals surface area contributed by atoms with Crippen molar-refractivity contribution in [1.82, 2.24) is 19.5 Å². The highest BCUT2D eigenvalue weighted by atomic mass is 32.1. The van der Waals surface area contributed by atoms with E-state index in [-0.39, 0.29) is 47.0 Å². The van der Waals surface area contributed by atoms with E-state index in [0.29, 0.717) is 45.4 Å². The molecule has 0 amide bonds. The van der Waals surface area contributed by atoms with Gasteiger partial charge in [-0.15, -0.1) is 11.3 Å². The predicted octanol–water partition coefficient (Wildman–Crippen LogP) is 12.2. The third-order valence-electron chi connectivity index (χ3n) is 9.41. The lowest BCUT2D eigenvalue weighted by Gasteiger charge is -2.09. The number of hydrogen-bond donors (Lipinski definition) is 0. The van der Waals surface area contributed by atoms with Crippen LogP contribution in [-0.4, -0.2) is 19.5 Å². The first-order chi connectivity index (χ1) is 27.7. The Bertz CT molecular complexity index is 3430. The molecule has 0 N–H and O–H groups in total. The molecule has 238 valence electrons. The summed E-state index contributed by atoms with van der Waals surface area (Å²) >= 11 is 1.74. The number of furan rings is 1. The number of fused-ring (bicyclic) bond motifs is 9. The Morgan fingerprint density at radius 3 is 2.06 bits per heavy atom. The van der Waals surface area contributed by atoms with Gasteiger partial charge in [-0.2, -0.15) is 0 Å². The molecule has 0 radical (unpaired) electrons. The van der Waals surface area contributed by atoms with Crippen molar-refractivity contribution in [3.05, 3.63) is 158 Å². The minimum atomic E-state index is -0.154. The van der Waals surface area contributed by atoms with Crippen molar-refractivity contribution in [2.24, 2.45) is 0 Å². The van der Waals surface area contributed by atoms with Crippen molar-refractivity contribution in [3.8, 4) is 39.9 Å². The van der Waals surface area contributed by atoms with Gasteiger partial charge in [-0.05, 0) is 54.5 Å². The number of benzene rings is 7. The van der Waals surface area contributed by atoms with Crippen molar-refractivity contribution in [1.29, 1.82) is 0 Å². The molecule has 4 aromatic heterocycles. The van der Waals surface area contributed by atoms with Crippen LogP contribution in [0.5, 0.6) is 0 Å². The van der Waals surface area contributed by atoms with Gasteiger partial charge in [-0.3, -0.25) is 0 Å². The molecule has 4 heterocycles. The van der Waals surface area contributed by atoms with Crippen molar-refractivity contribution in [2.45, 2.75) is 0 Å². The molecule has 0 fully saturated rings. The van der Waals surface area contributed by atoms with E-state index in [2.05, 4.69) is 36.4 Å². The minimum Gasteiger partial charge on any atom is -0.456 e. The normalized spacial score (nSPS) is 13.6. The first kappa shape index (κ1) is 22.9. The molecule has 6 heteroatoms. The Hall–Kier alpha value is -6.63. The van der Waals surface area contributed by atoms with Gasteiger partial charge in [0.25, 0.3) is 0 Å². The van der Waals surface area contributed by atoms with Crippen molar-refractivity contribution >= 4 is 75.3 Å². The van der Waals surface area contributed by atoms with Crippen LogP contribution >= 0.6 is 11.3 Å². The van der Waals surface area contributed by atoms with Gasteiger partial charge in [0.2, 0.25) is 0 Å². The Kier molecular flexibility index (Phi) is 4.91. The molecular formula is C45H26N4OS.